The van der Waals surface area contributed by atoms with Gasteiger partial charge in [0.15, 0.2) is 0 Å². The Labute approximate surface area is 82.4 Å². The molecule has 0 bridgehead atoms. The zero-order valence-corrected chi connectivity index (χ0v) is 8.16. The number of hydrogen-bond acceptors (Lipinski definition) is 3. The van der Waals surface area contributed by atoms with Crippen LogP contribution in [0.1, 0.15) is 26.2 Å². The Hall–Kier alpha value is -1.10. The van der Waals surface area contributed by atoms with Gasteiger partial charge in [0.25, 0.3) is 0 Å². The Balaban J connectivity index is 2.24. The smallest absolute Gasteiger partial charge is 0.312 e. The third-order valence-electron chi connectivity index (χ3n) is 2.18. The number of carboxylic acids is 1. The van der Waals surface area contributed by atoms with Crippen LogP contribution in [-0.4, -0.2) is 35.7 Å². The molecule has 2 N–H and O–H groups in total. The van der Waals surface area contributed by atoms with Gasteiger partial charge in [0, 0.05) is 0 Å². The number of nitrogens with one attached hydrogen (secondary N) is 1. The van der Waals surface area contributed by atoms with Gasteiger partial charge in [-0.1, -0.05) is 0 Å². The van der Waals surface area contributed by atoms with E-state index >= 15 is 0 Å². The zero-order chi connectivity index (χ0) is 10.6. The van der Waals surface area contributed by atoms with Crippen LogP contribution in [0.4, 0.5) is 0 Å². The molecule has 5 nitrogen and oxygen atoms in total. The van der Waals surface area contributed by atoms with Crippen LogP contribution in [0.25, 0.3) is 0 Å². The average molecular weight is 201 g/mol. The molecule has 5 heteroatoms. The summed E-state index contributed by atoms with van der Waals surface area (Å²) in [4.78, 5) is 21.3. The maximum Gasteiger partial charge on any atom is 0.312 e. The third kappa shape index (κ3) is 3.74. The molecule has 1 aliphatic rings. The van der Waals surface area contributed by atoms with Gasteiger partial charge in [0.2, 0.25) is 5.91 Å². The first-order valence-corrected chi connectivity index (χ1v) is 4.70. The van der Waals surface area contributed by atoms with E-state index in [1.165, 1.54) is 0 Å². The van der Waals surface area contributed by atoms with Crippen LogP contribution in [0.15, 0.2) is 0 Å². The fraction of sp³-hybridized carbons (Fsp3) is 0.778. The van der Waals surface area contributed by atoms with Crippen molar-refractivity contribution < 1.29 is 19.4 Å². The Kier molecular flexibility index (Phi) is 3.88. The van der Waals surface area contributed by atoms with Crippen molar-refractivity contribution in [1.82, 2.24) is 5.32 Å². The summed E-state index contributed by atoms with van der Waals surface area (Å²) in [6.07, 6.45) is 1.53. The van der Waals surface area contributed by atoms with Gasteiger partial charge in [-0.2, -0.15) is 0 Å². The molecule has 0 saturated carbocycles. The minimum Gasteiger partial charge on any atom is -0.481 e. The molecule has 1 amide bonds. The van der Waals surface area contributed by atoms with E-state index in [2.05, 4.69) is 5.32 Å². The molecule has 1 rings (SSSR count). The Bertz CT molecular complexity index is 221. The highest BCUT2D eigenvalue weighted by molar-refractivity contribution is 5.93. The van der Waals surface area contributed by atoms with Gasteiger partial charge in [-0.05, 0) is 19.8 Å². The molecule has 80 valence electrons. The van der Waals surface area contributed by atoms with Gasteiger partial charge in [-0.15, -0.1) is 0 Å². The molecular weight excluding hydrogens is 186 g/mol. The first-order valence-electron chi connectivity index (χ1n) is 4.70. The van der Waals surface area contributed by atoms with E-state index in [0.29, 0.717) is 6.61 Å². The fourth-order valence-corrected chi connectivity index (χ4v) is 1.41. The van der Waals surface area contributed by atoms with Gasteiger partial charge >= 0.3 is 5.97 Å². The van der Waals surface area contributed by atoms with Crippen molar-refractivity contribution in [2.75, 3.05) is 6.61 Å². The number of rotatable bonds is 3. The SMILES string of the molecule is CC1CCC(NC(=O)CC(=O)O)CO1. The van der Waals surface area contributed by atoms with E-state index in [4.69, 9.17) is 9.84 Å². The molecule has 1 saturated heterocycles. The summed E-state index contributed by atoms with van der Waals surface area (Å²) >= 11 is 0. The molecule has 0 aromatic carbocycles. The molecule has 0 aromatic heterocycles. The summed E-state index contributed by atoms with van der Waals surface area (Å²) in [5.41, 5.74) is 0. The third-order valence-corrected chi connectivity index (χ3v) is 2.18. The highest BCUT2D eigenvalue weighted by Gasteiger charge is 2.20. The van der Waals surface area contributed by atoms with Crippen LogP contribution in [0.2, 0.25) is 0 Å². The van der Waals surface area contributed by atoms with Crippen molar-refractivity contribution in [3.8, 4) is 0 Å². The van der Waals surface area contributed by atoms with E-state index in [1.807, 2.05) is 6.92 Å². The molecule has 0 aliphatic carbocycles. The number of hydrogen-bond donors (Lipinski definition) is 2. The van der Waals surface area contributed by atoms with Crippen molar-refractivity contribution >= 4 is 11.9 Å². The fourth-order valence-electron chi connectivity index (χ4n) is 1.41. The van der Waals surface area contributed by atoms with Gasteiger partial charge in [-0.25, -0.2) is 0 Å². The molecule has 0 aromatic rings. The zero-order valence-electron chi connectivity index (χ0n) is 8.16. The summed E-state index contributed by atoms with van der Waals surface area (Å²) in [7, 11) is 0. The Morgan fingerprint density at radius 2 is 2.21 bits per heavy atom. The number of carbonyl (C=O) groups is 2. The van der Waals surface area contributed by atoms with Gasteiger partial charge < -0.3 is 15.2 Å². The lowest BCUT2D eigenvalue weighted by Gasteiger charge is -2.27. The number of carboxylic acid groups (broad SMARTS) is 1. The topological polar surface area (TPSA) is 75.6 Å². The van der Waals surface area contributed by atoms with Crippen LogP contribution < -0.4 is 5.32 Å². The van der Waals surface area contributed by atoms with Crippen molar-refractivity contribution in [3.05, 3.63) is 0 Å². The predicted octanol–water partition coefficient (Wildman–Crippen LogP) is 0.145. The summed E-state index contributed by atoms with van der Waals surface area (Å²) in [5, 5.41) is 11.0. The average Bonchev–Trinajstić information content (AvgIpc) is 2.07. The molecule has 2 atom stereocenters. The minimum absolute atomic E-state index is 0.0296. The highest BCUT2D eigenvalue weighted by Crippen LogP contribution is 2.12. The standard InChI is InChI=1S/C9H15NO4/c1-6-2-3-7(5-14-6)10-8(11)4-9(12)13/h6-7H,2-5H2,1H3,(H,10,11)(H,12,13). The molecule has 1 aliphatic heterocycles. The maximum absolute atomic E-state index is 11.1. The molecule has 1 heterocycles. The van der Waals surface area contributed by atoms with E-state index < -0.39 is 18.3 Å². The second-order valence-electron chi connectivity index (χ2n) is 3.56. The van der Waals surface area contributed by atoms with E-state index in [1.54, 1.807) is 0 Å². The lowest BCUT2D eigenvalue weighted by Crippen LogP contribution is -2.42. The minimum atomic E-state index is -1.10. The monoisotopic (exact) mass is 201 g/mol. The Morgan fingerprint density at radius 1 is 1.50 bits per heavy atom. The molecular formula is C9H15NO4. The molecule has 0 spiro atoms. The molecule has 1 fully saturated rings. The number of carbonyl (C=O) groups excluding carboxylic acids is 1. The van der Waals surface area contributed by atoms with Crippen molar-refractivity contribution in [2.45, 2.75) is 38.3 Å². The molecule has 0 radical (unpaired) electrons. The predicted molar refractivity (Wildman–Crippen MR) is 48.8 cm³/mol. The van der Waals surface area contributed by atoms with Crippen LogP contribution >= 0.6 is 0 Å². The van der Waals surface area contributed by atoms with Gasteiger partial charge in [0.05, 0.1) is 18.8 Å². The lowest BCUT2D eigenvalue weighted by atomic mass is 10.1. The summed E-state index contributed by atoms with van der Waals surface area (Å²) in [6.45, 7) is 2.46. The first-order chi connectivity index (χ1) is 6.58. The first kappa shape index (κ1) is 11.0. The van der Waals surface area contributed by atoms with Crippen molar-refractivity contribution in [3.63, 3.8) is 0 Å². The van der Waals surface area contributed by atoms with Crippen LogP contribution in [-0.2, 0) is 14.3 Å². The van der Waals surface area contributed by atoms with Crippen molar-refractivity contribution in [2.24, 2.45) is 0 Å². The van der Waals surface area contributed by atoms with Gasteiger partial charge in [-0.3, -0.25) is 9.59 Å². The number of amides is 1. The maximum atomic E-state index is 11.1. The van der Waals surface area contributed by atoms with E-state index in [-0.39, 0.29) is 12.1 Å². The molecule has 2 unspecified atom stereocenters. The number of ether oxygens (including phenoxy) is 1. The summed E-state index contributed by atoms with van der Waals surface area (Å²) < 4.78 is 5.33. The summed E-state index contributed by atoms with van der Waals surface area (Å²) in [5.74, 6) is -1.55. The van der Waals surface area contributed by atoms with Crippen molar-refractivity contribution in [1.29, 1.82) is 0 Å². The van der Waals surface area contributed by atoms with E-state index in [9.17, 15) is 9.59 Å². The number of aliphatic carboxylic acids is 1. The highest BCUT2D eigenvalue weighted by atomic mass is 16.5. The lowest BCUT2D eigenvalue weighted by molar-refractivity contribution is -0.141. The van der Waals surface area contributed by atoms with E-state index in [0.717, 1.165) is 12.8 Å². The largest absolute Gasteiger partial charge is 0.481 e. The molecule has 14 heavy (non-hydrogen) atoms. The quantitative estimate of drug-likeness (QED) is 0.637. The van der Waals surface area contributed by atoms with Crippen LogP contribution in [0, 0.1) is 0 Å². The second kappa shape index (κ2) is 4.95. The normalized spacial score (nSPS) is 26.9. The second-order valence-corrected chi connectivity index (χ2v) is 3.56. The Morgan fingerprint density at radius 3 is 2.71 bits per heavy atom. The van der Waals surface area contributed by atoms with Gasteiger partial charge in [0.1, 0.15) is 6.42 Å². The van der Waals surface area contributed by atoms with Crippen LogP contribution in [0.5, 0.6) is 0 Å². The summed E-state index contributed by atoms with van der Waals surface area (Å²) in [6, 6.07) is -0.0296. The van der Waals surface area contributed by atoms with Crippen LogP contribution in [0.3, 0.4) is 0 Å².